The number of methoxy groups -OCH3 is 1. The molecule has 30 nitrogen and oxygen atoms in total. The number of primary amides is 2. The second-order valence-corrected chi connectivity index (χ2v) is 36.7. The van der Waals surface area contributed by atoms with Crippen LogP contribution in [0.5, 0.6) is 23.0 Å². The zero-order valence-electron chi connectivity index (χ0n) is 71.3. The molecule has 2 amide bonds. The Balaban J connectivity index is 0.000000159. The van der Waals surface area contributed by atoms with E-state index in [4.69, 9.17) is 51.6 Å². The van der Waals surface area contributed by atoms with Gasteiger partial charge in [0.2, 0.25) is 13.6 Å². The first-order valence-corrected chi connectivity index (χ1v) is 44.4. The molecule has 5 aromatic carbocycles. The van der Waals surface area contributed by atoms with Crippen molar-refractivity contribution >= 4 is 161 Å². The number of fused-ring (bicyclic) bond motifs is 8. The number of nitrogen functional groups attached to an aromatic ring is 2. The molecule has 16 rings (SSSR count). The number of aromatic nitrogens is 11. The monoisotopic (exact) mass is 2000 g/mol. The molecule has 11 aromatic rings. The van der Waals surface area contributed by atoms with Crippen molar-refractivity contribution in [2.45, 2.75) is 167 Å². The number of halogens is 6. The molecule has 666 valence electrons. The lowest BCUT2D eigenvalue weighted by Crippen LogP contribution is -2.29. The summed E-state index contributed by atoms with van der Waals surface area (Å²) in [6, 6.07) is 26.6. The van der Waals surface area contributed by atoms with Gasteiger partial charge >= 0.3 is 12.3 Å². The van der Waals surface area contributed by atoms with Crippen LogP contribution in [0.1, 0.15) is 177 Å². The molecular weight excluding hydrogens is 1900 g/mol. The maximum Gasteiger partial charge on any atom is 0.435 e. The third kappa shape index (κ3) is 23.9. The van der Waals surface area contributed by atoms with Gasteiger partial charge in [-0.15, -0.1) is 0 Å². The summed E-state index contributed by atoms with van der Waals surface area (Å²) in [5.74, 6) is 3.35. The first-order valence-electron chi connectivity index (χ1n) is 40.7. The number of alkyl halides is 3. The average Bonchev–Trinajstić information content (AvgIpc) is 1.59. The van der Waals surface area contributed by atoms with Crippen LogP contribution in [0.3, 0.4) is 0 Å². The fourth-order valence-electron chi connectivity index (χ4n) is 15.2. The summed E-state index contributed by atoms with van der Waals surface area (Å²) in [6.07, 6.45) is 3.83. The minimum absolute atomic E-state index is 0.0301. The third-order valence-corrected chi connectivity index (χ3v) is 24.2. The summed E-state index contributed by atoms with van der Waals surface area (Å²) in [5, 5.41) is 19.1. The van der Waals surface area contributed by atoms with E-state index in [1.807, 2.05) is 79.1 Å². The van der Waals surface area contributed by atoms with Crippen LogP contribution >= 0.6 is 56.9 Å². The summed E-state index contributed by atoms with van der Waals surface area (Å²) < 4.78 is 97.8. The van der Waals surface area contributed by atoms with E-state index in [1.165, 1.54) is 23.1 Å². The molecule has 12 N–H and O–H groups in total. The van der Waals surface area contributed by atoms with Gasteiger partial charge in [-0.1, -0.05) is 85.4 Å². The number of Topliss-reactive ketones (excluding diaryl/α,β-unsaturated/α-hetero) is 2. The number of para-hydroxylation sites is 1. The molecule has 0 unspecified atom stereocenters. The Morgan fingerprint density at radius 1 is 0.728 bits per heavy atom. The van der Waals surface area contributed by atoms with Crippen LogP contribution in [0, 0.1) is 30.0 Å². The maximum atomic E-state index is 13.8. The number of ketones is 2. The Kier molecular flexibility index (Phi) is 32.6. The molecule has 125 heavy (non-hydrogen) atoms. The normalized spacial score (nSPS) is 15.3. The van der Waals surface area contributed by atoms with Crippen molar-refractivity contribution in [3.8, 4) is 34.4 Å². The van der Waals surface area contributed by atoms with Crippen molar-refractivity contribution in [2.24, 2.45) is 36.9 Å². The van der Waals surface area contributed by atoms with E-state index < -0.39 is 41.0 Å². The van der Waals surface area contributed by atoms with Gasteiger partial charge in [-0.3, -0.25) is 19.2 Å². The summed E-state index contributed by atoms with van der Waals surface area (Å²) in [4.78, 5) is 75.7. The number of imidazole rings is 2. The van der Waals surface area contributed by atoms with Gasteiger partial charge in [0.1, 0.15) is 12.2 Å². The number of carbonyl (C=O) groups is 4. The van der Waals surface area contributed by atoms with Gasteiger partial charge < -0.3 is 81.6 Å². The Bertz CT molecular complexity index is 5770. The highest BCUT2D eigenvalue weighted by Gasteiger charge is 2.46. The lowest BCUT2D eigenvalue weighted by molar-refractivity contribution is -0.141. The molecule has 1 saturated carbocycles. The summed E-state index contributed by atoms with van der Waals surface area (Å²) >= 11 is 14.2. The number of anilines is 4. The highest BCUT2D eigenvalue weighted by Crippen LogP contribution is 2.46. The zero-order valence-corrected chi connectivity index (χ0v) is 78.1. The fraction of sp³-hybridized carbons (Fsp3) is 0.430. The Hall–Kier alpha value is -9.92. The zero-order chi connectivity index (χ0) is 90.4. The molecule has 0 radical (unpaired) electrons. The van der Waals surface area contributed by atoms with Gasteiger partial charge in [0.05, 0.1) is 40.2 Å². The van der Waals surface area contributed by atoms with Gasteiger partial charge in [0.15, 0.2) is 79.4 Å². The smallest absolute Gasteiger partial charge is 0.435 e. The molecule has 0 spiro atoms. The van der Waals surface area contributed by atoms with Crippen LogP contribution in [0.15, 0.2) is 110 Å². The number of hydrogen-bond donors (Lipinski definition) is 8. The highest BCUT2D eigenvalue weighted by molar-refractivity contribution is 14.1. The van der Waals surface area contributed by atoms with Crippen molar-refractivity contribution < 1.29 is 60.4 Å². The SMILES string of the molecule is CC(C)(C)CNCCn1c(Sc2cc3c(cc2I)OCO3)nc2c(N)ncnc21.CC(C)NCCCn1c(Cc2cc3c(cc2I)OCO3)nc2c(N)nc(F)nc21.CC1CCC(Nc2cc(-n3nc(C(F)(F)F)c4c3CC(C)(C)CC4=O)ccc2C(N)=O)CC1.CN=S.CN=S.COCCNc1cc(-n2c3c(c4ccccc42)C(=O)CCC3)ccc1C(N)=O. The van der Waals surface area contributed by atoms with Crippen LogP contribution in [-0.4, -0.2) is 156 Å². The van der Waals surface area contributed by atoms with Crippen molar-refractivity contribution in [3.63, 3.8) is 0 Å². The summed E-state index contributed by atoms with van der Waals surface area (Å²) in [7, 11) is 4.76. The Morgan fingerprint density at radius 3 is 2.02 bits per heavy atom. The molecule has 8 heterocycles. The molecule has 3 aliphatic carbocycles. The lowest BCUT2D eigenvalue weighted by Gasteiger charge is -2.30. The Labute approximate surface area is 763 Å². The van der Waals surface area contributed by atoms with Crippen LogP contribution in [0.2, 0.25) is 0 Å². The third-order valence-electron chi connectivity index (χ3n) is 20.9. The first kappa shape index (κ1) is 95.7. The van der Waals surface area contributed by atoms with E-state index in [0.717, 1.165) is 156 Å². The quantitative estimate of drug-likeness (QED) is 0.0128. The van der Waals surface area contributed by atoms with E-state index in [2.05, 4.69) is 181 Å². The minimum atomic E-state index is -4.75. The van der Waals surface area contributed by atoms with Gasteiger partial charge in [0.25, 0.3) is 11.8 Å². The Morgan fingerprint density at radius 2 is 1.36 bits per heavy atom. The molecule has 6 aromatic heterocycles. The van der Waals surface area contributed by atoms with Crippen LogP contribution in [0.4, 0.5) is 40.6 Å². The predicted octanol–water partition coefficient (Wildman–Crippen LogP) is 15.5. The molecule has 39 heteroatoms. The number of rotatable bonds is 23. The van der Waals surface area contributed by atoms with E-state index in [0.29, 0.717) is 89.6 Å². The van der Waals surface area contributed by atoms with Gasteiger partial charge in [-0.2, -0.15) is 32.6 Å². The number of amides is 2. The van der Waals surface area contributed by atoms with E-state index in [9.17, 15) is 36.7 Å². The van der Waals surface area contributed by atoms with Crippen LogP contribution < -0.4 is 63.1 Å². The number of hydrogen-bond acceptors (Lipinski definition) is 27. The molecule has 0 bridgehead atoms. The number of nitrogens with zero attached hydrogens (tertiary/aromatic N) is 13. The fourth-order valence-corrected chi connectivity index (χ4v) is 17.6. The van der Waals surface area contributed by atoms with Crippen molar-refractivity contribution in [1.29, 1.82) is 0 Å². The topological polar surface area (TPSA) is 401 Å². The van der Waals surface area contributed by atoms with E-state index in [1.54, 1.807) is 45.1 Å². The maximum absolute atomic E-state index is 13.8. The summed E-state index contributed by atoms with van der Waals surface area (Å²) in [6.45, 7) is 22.2. The van der Waals surface area contributed by atoms with Crippen molar-refractivity contribution in [2.75, 3.05) is 89.7 Å². The minimum Gasteiger partial charge on any atom is -0.454 e. The molecule has 5 aliphatic rings. The molecule has 1 fully saturated rings. The number of ether oxygens (including phenoxy) is 5. The van der Waals surface area contributed by atoms with Crippen LogP contribution in [0.25, 0.3) is 44.6 Å². The molecular formula is C86H103F4I2N21O9S3. The molecule has 2 aliphatic heterocycles. The van der Waals surface area contributed by atoms with Crippen LogP contribution in [-0.2, 0) is 68.1 Å². The van der Waals surface area contributed by atoms with E-state index in [-0.39, 0.29) is 66.3 Å². The largest absolute Gasteiger partial charge is 0.454 e. The van der Waals surface area contributed by atoms with E-state index >= 15 is 0 Å². The number of aryl methyl sites for hydroxylation is 1. The van der Waals surface area contributed by atoms with Crippen molar-refractivity contribution in [3.05, 3.63) is 155 Å². The second-order valence-electron chi connectivity index (χ2n) is 32.7. The second kappa shape index (κ2) is 42.6. The molecule has 0 atom stereocenters. The number of benzene rings is 5. The lowest BCUT2D eigenvalue weighted by atomic mass is 9.75. The van der Waals surface area contributed by atoms with Gasteiger partial charge in [-0.25, -0.2) is 33.3 Å². The van der Waals surface area contributed by atoms with Gasteiger partial charge in [0, 0.05) is 156 Å². The molecule has 0 saturated heterocycles. The first-order chi connectivity index (χ1) is 59.5. The summed E-state index contributed by atoms with van der Waals surface area (Å²) in [5.41, 5.74) is 30.8. The number of carbonyl (C=O) groups excluding carboxylic acids is 4. The van der Waals surface area contributed by atoms with Gasteiger partial charge in [-0.05, 0) is 192 Å². The number of nitrogens with two attached hydrogens (primary N) is 4. The van der Waals surface area contributed by atoms with Crippen molar-refractivity contribution in [1.82, 2.24) is 64.0 Å². The number of nitrogens with one attached hydrogen (secondary N) is 4. The highest BCUT2D eigenvalue weighted by atomic mass is 127. The average molecular weight is 2000 g/mol. The predicted molar refractivity (Wildman–Crippen MR) is 496 cm³/mol. The standard InChI is InChI=1S/C24H29F3N4O2.C22H23N3O3.C19H22FIN6O2.C19H23IN6O2S.2CH3NS/c1-13-4-6-14(7-5-13)29-17-10-15(8-9-16(17)22(28)33)31-18-11-23(2,3)12-19(32)20(18)21(30-31)24(25,26)27;1-28-12-11-24-17-13-14(9-10-15(17)22(23)27)25-18-6-3-2-5-16(18)21-19(25)7-4-8-20(21)26;1-10(2)23-4-3-5-27-15(24-16-17(22)25-19(20)26-18(16)27)7-11-6-13-14(8-12(11)21)29-9-28-13;1-19(2,3)8-22-4-5-26-17-15(16(21)23-9-24-17)25-18(26)29-14-7-13-12(6-11(14)20)27-10-28-13;2*1-2-3/h8-10,13-14,29H,4-7,11-12H2,1-3H3,(H2,28,33);2-3,5-6,9-10,13,24H,4,7-8,11-12H2,1H3,(H2,23,27);6,8,10,23H,3-5,7,9H2,1-2H3,(H2,22,25,26);6-7,9,22H,4-5,8,10H2,1-3H3,(H2,21,23,24);2*1H3.